The number of nitrogens with zero attached hydrogens (tertiary/aromatic N) is 1. The van der Waals surface area contributed by atoms with E-state index in [1.165, 1.54) is 24.3 Å². The molecule has 3 rings (SSSR count). The second kappa shape index (κ2) is 10.5. The van der Waals surface area contributed by atoms with Crippen molar-refractivity contribution in [2.24, 2.45) is 0 Å². The number of nitriles is 1. The van der Waals surface area contributed by atoms with Crippen LogP contribution in [0.25, 0.3) is 6.08 Å². The summed E-state index contributed by atoms with van der Waals surface area (Å²) in [5.41, 5.74) is 1.91. The van der Waals surface area contributed by atoms with Crippen molar-refractivity contribution in [1.82, 2.24) is 0 Å². The highest BCUT2D eigenvalue weighted by molar-refractivity contribution is 6.09. The Morgan fingerprint density at radius 2 is 1.78 bits per heavy atom. The molecule has 6 nitrogen and oxygen atoms in total. The Kier molecular flexibility index (Phi) is 7.33. The van der Waals surface area contributed by atoms with Crippen LogP contribution < -0.4 is 15.4 Å². The molecule has 0 unspecified atom stereocenters. The summed E-state index contributed by atoms with van der Waals surface area (Å²) in [6.07, 6.45) is 1.38. The number of carbonyl (C=O) groups excluding carboxylic acids is 2. The summed E-state index contributed by atoms with van der Waals surface area (Å²) < 4.78 is 19.2. The molecule has 2 N–H and O–H groups in total. The van der Waals surface area contributed by atoms with Gasteiger partial charge in [-0.1, -0.05) is 42.5 Å². The number of aryl methyl sites for hydroxylation is 1. The molecule has 0 saturated heterocycles. The predicted molar refractivity (Wildman–Crippen MR) is 120 cm³/mol. The van der Waals surface area contributed by atoms with E-state index in [2.05, 4.69) is 10.6 Å². The fourth-order valence-electron chi connectivity index (χ4n) is 2.85. The van der Waals surface area contributed by atoms with Gasteiger partial charge in [0.05, 0.1) is 5.69 Å². The van der Waals surface area contributed by atoms with Gasteiger partial charge < -0.3 is 15.4 Å². The third kappa shape index (κ3) is 6.03. The molecular formula is C25H20FN3O3. The fraction of sp³-hybridized carbons (Fsp3) is 0.0800. The third-order valence-corrected chi connectivity index (χ3v) is 4.37. The monoisotopic (exact) mass is 429 g/mol. The Hall–Kier alpha value is -4.44. The zero-order valence-electron chi connectivity index (χ0n) is 17.3. The number of hydrogen-bond donors (Lipinski definition) is 2. The summed E-state index contributed by atoms with van der Waals surface area (Å²) in [5, 5.41) is 14.6. The largest absolute Gasteiger partial charge is 0.483 e. The number of rotatable bonds is 7. The van der Waals surface area contributed by atoms with Gasteiger partial charge in [0, 0.05) is 11.3 Å². The summed E-state index contributed by atoms with van der Waals surface area (Å²) in [6, 6.07) is 21.6. The standard InChI is InChI=1S/C25H20FN3O3/c1-17-7-6-9-20(13-17)28-25(31)19(15-27)14-18-8-2-5-12-23(18)32-16-24(30)29-22-11-4-3-10-21(22)26/h2-14H,16H2,1H3,(H,28,31)(H,29,30)/b19-14+. The molecule has 2 amide bonds. The lowest BCUT2D eigenvalue weighted by molar-refractivity contribution is -0.118. The minimum absolute atomic E-state index is 0.0499. The van der Waals surface area contributed by atoms with Crippen LogP contribution in [0.2, 0.25) is 0 Å². The van der Waals surface area contributed by atoms with Crippen molar-refractivity contribution in [1.29, 1.82) is 5.26 Å². The Labute approximate surface area is 185 Å². The maximum absolute atomic E-state index is 13.7. The molecule has 7 heteroatoms. The van der Waals surface area contributed by atoms with Gasteiger partial charge in [0.2, 0.25) is 0 Å². The van der Waals surface area contributed by atoms with Crippen LogP contribution in [0, 0.1) is 24.1 Å². The molecule has 32 heavy (non-hydrogen) atoms. The second-order valence-corrected chi connectivity index (χ2v) is 6.85. The number of hydrogen-bond acceptors (Lipinski definition) is 4. The molecular weight excluding hydrogens is 409 g/mol. The molecule has 0 atom stereocenters. The number of carbonyl (C=O) groups is 2. The predicted octanol–water partition coefficient (Wildman–Crippen LogP) is 4.70. The van der Waals surface area contributed by atoms with Crippen LogP contribution in [0.4, 0.5) is 15.8 Å². The van der Waals surface area contributed by atoms with Gasteiger partial charge >= 0.3 is 0 Å². The average molecular weight is 429 g/mol. The number of halogens is 1. The summed E-state index contributed by atoms with van der Waals surface area (Å²) in [7, 11) is 0. The van der Waals surface area contributed by atoms with Crippen LogP contribution in [-0.4, -0.2) is 18.4 Å². The minimum Gasteiger partial charge on any atom is -0.483 e. The summed E-state index contributed by atoms with van der Waals surface area (Å²) >= 11 is 0. The van der Waals surface area contributed by atoms with E-state index in [0.29, 0.717) is 17.0 Å². The highest BCUT2D eigenvalue weighted by atomic mass is 19.1. The van der Waals surface area contributed by atoms with E-state index >= 15 is 0 Å². The molecule has 0 radical (unpaired) electrons. The first-order valence-electron chi connectivity index (χ1n) is 9.72. The maximum atomic E-state index is 13.7. The Bertz CT molecular complexity index is 1210. The van der Waals surface area contributed by atoms with Crippen LogP contribution in [0.5, 0.6) is 5.75 Å². The lowest BCUT2D eigenvalue weighted by Gasteiger charge is -2.11. The van der Waals surface area contributed by atoms with E-state index in [1.807, 2.05) is 19.1 Å². The normalized spacial score (nSPS) is 10.7. The molecule has 0 bridgehead atoms. The van der Waals surface area contributed by atoms with Crippen LogP contribution in [0.1, 0.15) is 11.1 Å². The first kappa shape index (κ1) is 22.2. The van der Waals surface area contributed by atoms with Gasteiger partial charge in [-0.2, -0.15) is 5.26 Å². The molecule has 0 fully saturated rings. The Morgan fingerprint density at radius 3 is 2.53 bits per heavy atom. The SMILES string of the molecule is Cc1cccc(NC(=O)/C(C#N)=C/c2ccccc2OCC(=O)Nc2ccccc2F)c1. The third-order valence-electron chi connectivity index (χ3n) is 4.37. The highest BCUT2D eigenvalue weighted by Gasteiger charge is 2.13. The summed E-state index contributed by atoms with van der Waals surface area (Å²) in [6.45, 7) is 1.52. The topological polar surface area (TPSA) is 91.2 Å². The number of ether oxygens (including phenoxy) is 1. The van der Waals surface area contributed by atoms with Gasteiger partial charge in [-0.3, -0.25) is 9.59 Å². The summed E-state index contributed by atoms with van der Waals surface area (Å²) in [4.78, 5) is 24.7. The number of nitrogens with one attached hydrogen (secondary N) is 2. The average Bonchev–Trinajstić information content (AvgIpc) is 2.78. The minimum atomic E-state index is -0.565. The van der Waals surface area contributed by atoms with Crippen LogP contribution in [-0.2, 0) is 9.59 Å². The van der Waals surface area contributed by atoms with Gasteiger partial charge in [-0.05, 0) is 48.9 Å². The second-order valence-electron chi connectivity index (χ2n) is 6.85. The smallest absolute Gasteiger partial charge is 0.266 e. The van der Waals surface area contributed by atoms with Crippen LogP contribution in [0.15, 0.2) is 78.4 Å². The molecule has 0 heterocycles. The highest BCUT2D eigenvalue weighted by Crippen LogP contribution is 2.22. The number of benzene rings is 3. The van der Waals surface area contributed by atoms with Crippen molar-refractivity contribution in [3.8, 4) is 11.8 Å². The van der Waals surface area contributed by atoms with Crippen molar-refractivity contribution in [2.45, 2.75) is 6.92 Å². The molecule has 3 aromatic carbocycles. The van der Waals surface area contributed by atoms with Crippen molar-refractivity contribution < 1.29 is 18.7 Å². The Balaban J connectivity index is 1.71. The molecule has 0 aliphatic carbocycles. The van der Waals surface area contributed by atoms with E-state index in [1.54, 1.807) is 48.5 Å². The number of para-hydroxylation sites is 2. The van der Waals surface area contributed by atoms with Crippen LogP contribution in [0.3, 0.4) is 0 Å². The van der Waals surface area contributed by atoms with Gasteiger partial charge in [0.1, 0.15) is 23.2 Å². The summed E-state index contributed by atoms with van der Waals surface area (Å²) in [5.74, 6) is -1.37. The van der Waals surface area contributed by atoms with Crippen molar-refractivity contribution in [2.75, 3.05) is 17.2 Å². The quantitative estimate of drug-likeness (QED) is 0.421. The van der Waals surface area contributed by atoms with Gasteiger partial charge in [0.15, 0.2) is 6.61 Å². The van der Waals surface area contributed by atoms with Crippen molar-refractivity contribution in [3.63, 3.8) is 0 Å². The van der Waals surface area contributed by atoms with Gasteiger partial charge in [-0.25, -0.2) is 4.39 Å². The lowest BCUT2D eigenvalue weighted by Crippen LogP contribution is -2.21. The van der Waals surface area contributed by atoms with E-state index in [0.717, 1.165) is 5.56 Å². The molecule has 0 saturated carbocycles. The fourth-order valence-corrected chi connectivity index (χ4v) is 2.85. The molecule has 3 aromatic rings. The zero-order valence-corrected chi connectivity index (χ0v) is 17.3. The van der Waals surface area contributed by atoms with E-state index < -0.39 is 17.6 Å². The molecule has 160 valence electrons. The first-order valence-corrected chi connectivity index (χ1v) is 9.72. The van der Waals surface area contributed by atoms with Crippen molar-refractivity contribution >= 4 is 29.3 Å². The first-order chi connectivity index (χ1) is 15.5. The van der Waals surface area contributed by atoms with E-state index in [9.17, 15) is 19.2 Å². The number of anilines is 2. The Morgan fingerprint density at radius 1 is 1.03 bits per heavy atom. The lowest BCUT2D eigenvalue weighted by atomic mass is 10.1. The number of amides is 2. The van der Waals surface area contributed by atoms with Gasteiger partial charge in [-0.15, -0.1) is 0 Å². The zero-order chi connectivity index (χ0) is 22.9. The van der Waals surface area contributed by atoms with Gasteiger partial charge in [0.25, 0.3) is 11.8 Å². The molecule has 0 spiro atoms. The molecule has 0 aromatic heterocycles. The molecule has 0 aliphatic heterocycles. The van der Waals surface area contributed by atoms with E-state index in [-0.39, 0.29) is 17.9 Å². The van der Waals surface area contributed by atoms with E-state index in [4.69, 9.17) is 4.74 Å². The van der Waals surface area contributed by atoms with Crippen molar-refractivity contribution in [3.05, 3.63) is 95.3 Å². The van der Waals surface area contributed by atoms with Crippen LogP contribution >= 0.6 is 0 Å². The maximum Gasteiger partial charge on any atom is 0.266 e. The molecule has 0 aliphatic rings.